The van der Waals surface area contributed by atoms with Crippen LogP contribution in [0.3, 0.4) is 0 Å². The number of aromatic nitrogens is 1. The molecule has 198 valence electrons. The molecule has 5 rings (SSSR count). The van der Waals surface area contributed by atoms with Crippen LogP contribution in [0.1, 0.15) is 66.4 Å². The summed E-state index contributed by atoms with van der Waals surface area (Å²) in [4.78, 5) is 13.6. The molecule has 0 saturated heterocycles. The van der Waals surface area contributed by atoms with Gasteiger partial charge in [-0.3, -0.25) is 4.79 Å². The monoisotopic (exact) mass is 524 g/mol. The first-order chi connectivity index (χ1) is 20.1. The van der Waals surface area contributed by atoms with Crippen LogP contribution >= 0.6 is 0 Å². The molecule has 37 heavy (non-hydrogen) atoms. The highest BCUT2D eigenvalue weighted by molar-refractivity contribution is 5.95. The topological polar surface area (TPSA) is 80.9 Å². The van der Waals surface area contributed by atoms with Gasteiger partial charge in [0.05, 0.1) is 35.6 Å². The number of rotatable bonds is 9. The molecule has 6 nitrogen and oxygen atoms in total. The van der Waals surface area contributed by atoms with Crippen molar-refractivity contribution in [3.8, 4) is 11.5 Å². The Bertz CT molecular complexity index is 1650. The zero-order chi connectivity index (χ0) is 32.8. The molecule has 2 aromatic carbocycles. The zero-order valence-corrected chi connectivity index (χ0v) is 20.1. The van der Waals surface area contributed by atoms with Crippen molar-refractivity contribution < 1.29 is 47.2 Å². The van der Waals surface area contributed by atoms with Crippen LogP contribution in [0.4, 0.5) is 13.2 Å². The van der Waals surface area contributed by atoms with E-state index in [9.17, 15) is 23.8 Å². The summed E-state index contributed by atoms with van der Waals surface area (Å²) in [5, 5.41) is 20.4. The van der Waals surface area contributed by atoms with Crippen molar-refractivity contribution in [2.45, 2.75) is 76.1 Å². The summed E-state index contributed by atoms with van der Waals surface area (Å²) in [6, 6.07) is 7.44. The number of hydrogen-bond acceptors (Lipinski definition) is 5. The molecule has 3 aromatic rings. The fraction of sp³-hybridized carbons (Fsp3) is 0.464. The predicted molar refractivity (Wildman–Crippen MR) is 131 cm³/mol. The highest BCUT2D eigenvalue weighted by Crippen LogP contribution is 2.52. The second-order valence-corrected chi connectivity index (χ2v) is 9.72. The summed E-state index contributed by atoms with van der Waals surface area (Å²) in [6.07, 6.45) is -6.29. The molecule has 1 saturated carbocycles. The average Bonchev–Trinajstić information content (AvgIpc) is 3.53. The van der Waals surface area contributed by atoms with Crippen LogP contribution in [-0.4, -0.2) is 39.5 Å². The standard InChI is InChI=1S/C28H30F3NO5/c1-4-26(2,3)24-10-17-9-16(20(29)13-21(17)32(24)14-19(34)15-33)11-25(35)27(7-8-27)18-5-6-22-23(12-18)37-28(30,31)36-22/h5-6,9-10,12-13,19,33-34H,4,7-8,11,14-15H2,1-3H3/t19-/m1/s1/i2D3,14D2,15D2/t19-,26?. The van der Waals surface area contributed by atoms with Crippen molar-refractivity contribution in [1.82, 2.24) is 4.57 Å². The van der Waals surface area contributed by atoms with E-state index in [-0.39, 0.29) is 40.1 Å². The number of fused-ring (bicyclic) bond motifs is 2. The maximum Gasteiger partial charge on any atom is 0.586 e. The molecule has 2 aliphatic rings. The highest BCUT2D eigenvalue weighted by atomic mass is 19.3. The minimum Gasteiger partial charge on any atom is -0.395 e. The smallest absolute Gasteiger partial charge is 0.395 e. The molecule has 0 amide bonds. The zero-order valence-electron chi connectivity index (χ0n) is 27.1. The number of aliphatic hydroxyl groups excluding tert-OH is 1. The number of halogens is 3. The molecule has 9 heteroatoms. The van der Waals surface area contributed by atoms with Gasteiger partial charge in [0, 0.05) is 27.0 Å². The third-order valence-electron chi connectivity index (χ3n) is 7.20. The van der Waals surface area contributed by atoms with Gasteiger partial charge in [0.25, 0.3) is 0 Å². The second-order valence-electron chi connectivity index (χ2n) is 9.72. The van der Waals surface area contributed by atoms with E-state index >= 15 is 4.39 Å². The van der Waals surface area contributed by atoms with Crippen LogP contribution < -0.4 is 9.47 Å². The minimum atomic E-state index is -3.84. The third kappa shape index (κ3) is 4.48. The Morgan fingerprint density at radius 2 is 1.97 bits per heavy atom. The lowest BCUT2D eigenvalue weighted by atomic mass is 9.86. The molecule has 2 atom stereocenters. The number of Topliss-reactive ketones (excluding diaryl/α,β-unsaturated/α-hetero) is 1. The number of nitrogens with zero attached hydrogens (tertiary/aromatic N) is 1. The summed E-state index contributed by atoms with van der Waals surface area (Å²) in [7, 11) is 0. The maximum atomic E-state index is 15.7. The Kier molecular flexibility index (Phi) is 4.33. The number of carbonyl (C=O) groups is 1. The summed E-state index contributed by atoms with van der Waals surface area (Å²) in [5.74, 6) is -1.79. The van der Waals surface area contributed by atoms with Gasteiger partial charge in [-0.2, -0.15) is 0 Å². The fourth-order valence-corrected chi connectivity index (χ4v) is 4.73. The molecule has 0 radical (unpaired) electrons. The van der Waals surface area contributed by atoms with E-state index in [0.29, 0.717) is 23.0 Å². The molecule has 0 bridgehead atoms. The van der Waals surface area contributed by atoms with Gasteiger partial charge in [0.2, 0.25) is 0 Å². The van der Waals surface area contributed by atoms with Crippen LogP contribution in [0.2, 0.25) is 0 Å². The van der Waals surface area contributed by atoms with Gasteiger partial charge in [-0.15, -0.1) is 8.78 Å². The van der Waals surface area contributed by atoms with Crippen LogP contribution in [0.5, 0.6) is 11.5 Å². The van der Waals surface area contributed by atoms with E-state index in [1.807, 2.05) is 0 Å². The van der Waals surface area contributed by atoms with Gasteiger partial charge in [0.1, 0.15) is 11.6 Å². The van der Waals surface area contributed by atoms with E-state index in [0.717, 1.165) is 6.07 Å². The first kappa shape index (κ1) is 18.3. The Labute approximate surface area is 222 Å². The van der Waals surface area contributed by atoms with Crippen LogP contribution in [0.25, 0.3) is 10.9 Å². The van der Waals surface area contributed by atoms with E-state index in [4.69, 9.17) is 9.60 Å². The lowest BCUT2D eigenvalue weighted by Gasteiger charge is -2.26. The van der Waals surface area contributed by atoms with Crippen LogP contribution in [0.15, 0.2) is 36.4 Å². The number of aliphatic hydroxyl groups is 2. The molecule has 1 aliphatic heterocycles. The SMILES string of the molecule is [2H]C([2H])(O)[C@H](O)C([2H])([2H])n1c(C(C)(CC)C([2H])([2H])[2H])cc2cc(CC(=O)C3(c4ccc5c(c4)OC(F)(F)O5)CC3)c(F)cc21. The number of alkyl halides is 2. The largest absolute Gasteiger partial charge is 0.586 e. The molecular formula is C28H30F3NO5. The highest BCUT2D eigenvalue weighted by Gasteiger charge is 2.52. The first-order valence-electron chi connectivity index (χ1n) is 15.3. The molecule has 2 heterocycles. The number of hydrogen-bond donors (Lipinski definition) is 2. The summed E-state index contributed by atoms with van der Waals surface area (Å²) in [6.45, 7) is -6.46. The van der Waals surface area contributed by atoms with E-state index in [2.05, 4.69) is 9.47 Å². The molecule has 1 fully saturated rings. The lowest BCUT2D eigenvalue weighted by Crippen LogP contribution is -2.26. The Hall–Kier alpha value is -3.04. The van der Waals surface area contributed by atoms with Crippen LogP contribution in [0, 0.1) is 5.82 Å². The van der Waals surface area contributed by atoms with Gasteiger partial charge >= 0.3 is 6.29 Å². The third-order valence-corrected chi connectivity index (χ3v) is 7.20. The normalized spacial score (nSPS) is 23.5. The van der Waals surface area contributed by atoms with Gasteiger partial charge in [0.15, 0.2) is 11.5 Å². The van der Waals surface area contributed by atoms with Crippen molar-refractivity contribution >= 4 is 16.7 Å². The Morgan fingerprint density at radius 3 is 2.62 bits per heavy atom. The molecular weight excluding hydrogens is 487 g/mol. The summed E-state index contributed by atoms with van der Waals surface area (Å²) >= 11 is 0. The van der Waals surface area contributed by atoms with Crippen LogP contribution in [-0.2, 0) is 28.5 Å². The Morgan fingerprint density at radius 1 is 1.24 bits per heavy atom. The molecule has 1 unspecified atom stereocenters. The molecule has 2 N–H and O–H groups in total. The van der Waals surface area contributed by atoms with Crippen molar-refractivity contribution in [3.63, 3.8) is 0 Å². The van der Waals surface area contributed by atoms with Crippen molar-refractivity contribution in [2.24, 2.45) is 0 Å². The number of ketones is 1. The van der Waals surface area contributed by atoms with Crippen molar-refractivity contribution in [3.05, 3.63) is 59.0 Å². The van der Waals surface area contributed by atoms with Gasteiger partial charge in [-0.25, -0.2) is 4.39 Å². The number of benzene rings is 2. The molecule has 0 spiro atoms. The number of carbonyl (C=O) groups excluding carboxylic acids is 1. The first-order valence-corrected chi connectivity index (χ1v) is 11.8. The quantitative estimate of drug-likeness (QED) is 0.413. The fourth-order valence-electron chi connectivity index (χ4n) is 4.73. The summed E-state index contributed by atoms with van der Waals surface area (Å²) in [5.41, 5.74) is -2.98. The molecule has 1 aromatic heterocycles. The minimum absolute atomic E-state index is 0.0597. The van der Waals surface area contributed by atoms with Crippen molar-refractivity contribution in [1.29, 1.82) is 0 Å². The average molecular weight is 525 g/mol. The lowest BCUT2D eigenvalue weighted by molar-refractivity contribution is -0.286. The summed E-state index contributed by atoms with van der Waals surface area (Å²) < 4.78 is 109. The Balaban J connectivity index is 1.58. The number of ether oxygens (including phenoxy) is 2. The van der Waals surface area contributed by atoms with Gasteiger partial charge < -0.3 is 24.3 Å². The van der Waals surface area contributed by atoms with Gasteiger partial charge in [-0.05, 0) is 60.7 Å². The van der Waals surface area contributed by atoms with E-state index in [1.165, 1.54) is 37.3 Å². The van der Waals surface area contributed by atoms with E-state index in [1.54, 1.807) is 6.92 Å². The van der Waals surface area contributed by atoms with Crippen molar-refractivity contribution in [2.75, 3.05) is 6.56 Å². The molecule has 1 aliphatic carbocycles. The predicted octanol–water partition coefficient (Wildman–Crippen LogP) is 4.99. The van der Waals surface area contributed by atoms with Gasteiger partial charge in [-0.1, -0.05) is 26.8 Å². The maximum absolute atomic E-state index is 15.7. The van der Waals surface area contributed by atoms with E-state index < -0.39 is 61.2 Å². The second kappa shape index (κ2) is 8.77.